The fourth-order valence-electron chi connectivity index (χ4n) is 3.63. The molecule has 2 radical (unpaired) electrons. The first-order valence-corrected chi connectivity index (χ1v) is 8.25. The minimum absolute atomic E-state index is 0. The molecular formula is C19H24N4. The molecule has 1 aromatic carbocycles. The number of anilines is 1. The van der Waals surface area contributed by atoms with Crippen LogP contribution in [0.3, 0.4) is 0 Å². The van der Waals surface area contributed by atoms with Crippen LogP contribution < -0.4 is 4.90 Å². The molecule has 2 saturated heterocycles. The third-order valence-corrected chi connectivity index (χ3v) is 4.81. The number of fused-ring (bicyclic) bond motifs is 2. The van der Waals surface area contributed by atoms with Gasteiger partial charge >= 0.3 is 0 Å². The Bertz CT molecular complexity index is 611. The molecule has 2 aromatic rings. The van der Waals surface area contributed by atoms with Gasteiger partial charge in [0.25, 0.3) is 0 Å². The van der Waals surface area contributed by atoms with Crippen molar-refractivity contribution in [3.05, 3.63) is 49.9 Å². The van der Waals surface area contributed by atoms with Crippen LogP contribution in [0.2, 0.25) is 0 Å². The van der Waals surface area contributed by atoms with E-state index < -0.39 is 0 Å². The second-order valence-electron chi connectivity index (χ2n) is 6.40. The lowest BCUT2D eigenvalue weighted by Crippen LogP contribution is -2.35. The molecule has 2 fully saturated rings. The maximum atomic E-state index is 4.49. The topological polar surface area (TPSA) is 32.3 Å². The first kappa shape index (κ1) is 15.9. The molecule has 0 amide bonds. The van der Waals surface area contributed by atoms with Crippen LogP contribution in [-0.2, 0) is 0 Å². The summed E-state index contributed by atoms with van der Waals surface area (Å²) in [6.07, 6.45) is 2.69. The van der Waals surface area contributed by atoms with Crippen LogP contribution in [-0.4, -0.2) is 47.8 Å². The average molecular weight is 308 g/mol. The first-order chi connectivity index (χ1) is 10.9. The van der Waals surface area contributed by atoms with Crippen LogP contribution in [0.15, 0.2) is 42.5 Å². The van der Waals surface area contributed by atoms with Gasteiger partial charge < -0.3 is 9.80 Å². The van der Waals surface area contributed by atoms with E-state index in [1.165, 1.54) is 25.9 Å². The van der Waals surface area contributed by atoms with E-state index in [1.807, 2.05) is 18.2 Å². The Balaban J connectivity index is 0.00000156. The predicted molar refractivity (Wildman–Crippen MR) is 94.2 cm³/mol. The second-order valence-corrected chi connectivity index (χ2v) is 6.40. The monoisotopic (exact) mass is 308 g/mol. The predicted octanol–water partition coefficient (Wildman–Crippen LogP) is 3.00. The van der Waals surface area contributed by atoms with Gasteiger partial charge in [-0.2, -0.15) is 0 Å². The molecule has 2 aliphatic heterocycles. The Morgan fingerprint density at radius 3 is 2.52 bits per heavy atom. The molecular weight excluding hydrogens is 284 g/mol. The number of nitrogens with zero attached hydrogens (tertiary/aromatic N) is 4. The SMILES string of the molecule is [CH2].c1ccc(-c2ccc(N3CCN4CCCC(C4)C3)nn2)cc1. The van der Waals surface area contributed by atoms with Gasteiger partial charge in [0, 0.05) is 31.7 Å². The van der Waals surface area contributed by atoms with Crippen molar-refractivity contribution in [3.63, 3.8) is 0 Å². The van der Waals surface area contributed by atoms with Gasteiger partial charge in [0.1, 0.15) is 0 Å². The number of rotatable bonds is 2. The van der Waals surface area contributed by atoms with Crippen LogP contribution in [0.4, 0.5) is 5.82 Å². The van der Waals surface area contributed by atoms with Crippen molar-refractivity contribution in [2.45, 2.75) is 12.8 Å². The summed E-state index contributed by atoms with van der Waals surface area (Å²) in [5.74, 6) is 1.81. The van der Waals surface area contributed by atoms with Gasteiger partial charge in [-0.25, -0.2) is 0 Å². The van der Waals surface area contributed by atoms with Gasteiger partial charge in [0.05, 0.1) is 5.69 Å². The minimum atomic E-state index is 0. The zero-order chi connectivity index (χ0) is 14.8. The number of hydrogen-bond donors (Lipinski definition) is 0. The van der Waals surface area contributed by atoms with Gasteiger partial charge in [0.15, 0.2) is 5.82 Å². The zero-order valence-corrected chi connectivity index (χ0v) is 13.6. The fourth-order valence-corrected chi connectivity index (χ4v) is 3.63. The third-order valence-electron chi connectivity index (χ3n) is 4.81. The van der Waals surface area contributed by atoms with E-state index in [9.17, 15) is 0 Å². The van der Waals surface area contributed by atoms with Gasteiger partial charge in [-0.05, 0) is 37.4 Å². The highest BCUT2D eigenvalue weighted by Crippen LogP contribution is 2.24. The lowest BCUT2D eigenvalue weighted by molar-refractivity contribution is 0.201. The molecule has 0 spiro atoms. The van der Waals surface area contributed by atoms with Crippen molar-refractivity contribution in [2.75, 3.05) is 37.6 Å². The van der Waals surface area contributed by atoms with Crippen LogP contribution in [0, 0.1) is 13.3 Å². The van der Waals surface area contributed by atoms with E-state index in [-0.39, 0.29) is 7.43 Å². The zero-order valence-electron chi connectivity index (χ0n) is 13.6. The van der Waals surface area contributed by atoms with Crippen molar-refractivity contribution in [1.29, 1.82) is 0 Å². The summed E-state index contributed by atoms with van der Waals surface area (Å²) in [5, 5.41) is 8.93. The summed E-state index contributed by atoms with van der Waals surface area (Å²) in [7, 11) is 0. The normalized spacial score (nSPS) is 23.7. The summed E-state index contributed by atoms with van der Waals surface area (Å²) < 4.78 is 0. The molecule has 120 valence electrons. The Morgan fingerprint density at radius 2 is 1.74 bits per heavy atom. The van der Waals surface area contributed by atoms with Crippen molar-refractivity contribution < 1.29 is 0 Å². The lowest BCUT2D eigenvalue weighted by Gasteiger charge is -2.29. The highest BCUT2D eigenvalue weighted by Gasteiger charge is 2.26. The third kappa shape index (κ3) is 3.53. The largest absolute Gasteiger partial charge is 0.354 e. The summed E-state index contributed by atoms with van der Waals surface area (Å²) in [4.78, 5) is 5.01. The van der Waals surface area contributed by atoms with E-state index in [0.29, 0.717) is 0 Å². The molecule has 3 heterocycles. The van der Waals surface area contributed by atoms with E-state index in [1.54, 1.807) is 0 Å². The van der Waals surface area contributed by atoms with Crippen molar-refractivity contribution in [2.24, 2.45) is 5.92 Å². The molecule has 0 N–H and O–H groups in total. The molecule has 0 aliphatic carbocycles. The van der Waals surface area contributed by atoms with E-state index in [2.05, 4.69) is 44.3 Å². The molecule has 1 aromatic heterocycles. The highest BCUT2D eigenvalue weighted by atomic mass is 15.3. The molecule has 2 atom stereocenters. The molecule has 4 rings (SSSR count). The highest BCUT2D eigenvalue weighted by molar-refractivity contribution is 5.59. The van der Waals surface area contributed by atoms with Gasteiger partial charge in [0.2, 0.25) is 0 Å². The fraction of sp³-hybridized carbons (Fsp3) is 0.421. The van der Waals surface area contributed by atoms with E-state index in [4.69, 9.17) is 0 Å². The van der Waals surface area contributed by atoms with Gasteiger partial charge in [-0.3, -0.25) is 0 Å². The minimum Gasteiger partial charge on any atom is -0.354 e. The number of benzene rings is 1. The summed E-state index contributed by atoms with van der Waals surface area (Å²) in [6, 6.07) is 14.5. The number of piperidine rings is 1. The van der Waals surface area contributed by atoms with E-state index in [0.717, 1.165) is 42.6 Å². The summed E-state index contributed by atoms with van der Waals surface area (Å²) in [6.45, 7) is 5.86. The smallest absolute Gasteiger partial charge is 0.151 e. The Kier molecular flexibility index (Phi) is 4.91. The molecule has 2 bridgehead atoms. The summed E-state index contributed by atoms with van der Waals surface area (Å²) >= 11 is 0. The lowest BCUT2D eigenvalue weighted by atomic mass is 9.98. The molecule has 2 unspecified atom stereocenters. The maximum absolute atomic E-state index is 4.49. The van der Waals surface area contributed by atoms with Crippen LogP contribution in [0.1, 0.15) is 12.8 Å². The maximum Gasteiger partial charge on any atom is 0.151 e. The van der Waals surface area contributed by atoms with Gasteiger partial charge in [-0.1, -0.05) is 37.8 Å². The summed E-state index contributed by atoms with van der Waals surface area (Å²) in [5.41, 5.74) is 2.07. The van der Waals surface area contributed by atoms with E-state index >= 15 is 0 Å². The molecule has 0 saturated carbocycles. The Labute approximate surface area is 139 Å². The average Bonchev–Trinajstić information content (AvgIpc) is 2.74. The molecule has 23 heavy (non-hydrogen) atoms. The second kappa shape index (κ2) is 7.09. The Hall–Kier alpha value is -1.94. The molecule has 4 nitrogen and oxygen atoms in total. The van der Waals surface area contributed by atoms with Crippen LogP contribution >= 0.6 is 0 Å². The molecule has 2 aliphatic rings. The van der Waals surface area contributed by atoms with Crippen LogP contribution in [0.5, 0.6) is 0 Å². The van der Waals surface area contributed by atoms with Gasteiger partial charge in [-0.15, -0.1) is 10.2 Å². The number of aromatic nitrogens is 2. The van der Waals surface area contributed by atoms with Crippen molar-refractivity contribution in [1.82, 2.24) is 15.1 Å². The number of hydrogen-bond acceptors (Lipinski definition) is 4. The van der Waals surface area contributed by atoms with Crippen molar-refractivity contribution >= 4 is 5.82 Å². The quantitative estimate of drug-likeness (QED) is 0.854. The first-order valence-electron chi connectivity index (χ1n) is 8.25. The molecule has 4 heteroatoms. The van der Waals surface area contributed by atoms with Crippen molar-refractivity contribution in [3.8, 4) is 11.3 Å². The Morgan fingerprint density at radius 1 is 0.870 bits per heavy atom. The standard InChI is InChI=1S/C18H22N4.CH2/c1-2-6-16(7-3-1)17-8-9-18(20-19-17)22-12-11-21-10-4-5-15(13-21)14-22;/h1-3,6-9,15H,4-5,10-14H2;1H2. The van der Waals surface area contributed by atoms with Crippen LogP contribution in [0.25, 0.3) is 11.3 Å².